The Morgan fingerprint density at radius 3 is 2.00 bits per heavy atom. The number of nitrogens with zero attached hydrogens (tertiary/aromatic N) is 1. The number of rotatable bonds is 2. The van der Waals surface area contributed by atoms with Crippen molar-refractivity contribution >= 4 is 0 Å². The molecule has 3 aliphatic rings. The Morgan fingerprint density at radius 1 is 0.786 bits per heavy atom. The predicted molar refractivity (Wildman–Crippen MR) is 59.3 cm³/mol. The van der Waals surface area contributed by atoms with Crippen LogP contribution in [-0.2, 0) is 0 Å². The summed E-state index contributed by atoms with van der Waals surface area (Å²) in [4.78, 5) is 2.85. The van der Waals surface area contributed by atoms with E-state index in [1.54, 1.807) is 0 Å². The highest BCUT2D eigenvalue weighted by Crippen LogP contribution is 2.53. The summed E-state index contributed by atoms with van der Waals surface area (Å²) < 4.78 is 0. The first-order chi connectivity index (χ1) is 6.92. The van der Waals surface area contributed by atoms with E-state index in [2.05, 4.69) is 4.90 Å². The Morgan fingerprint density at radius 2 is 1.43 bits per heavy atom. The molecule has 1 heteroatoms. The highest BCUT2D eigenvalue weighted by Gasteiger charge is 2.53. The molecule has 3 fully saturated rings. The van der Waals surface area contributed by atoms with Gasteiger partial charge in [0.2, 0.25) is 0 Å². The van der Waals surface area contributed by atoms with Crippen molar-refractivity contribution in [2.75, 3.05) is 13.1 Å². The molecule has 0 aromatic rings. The Hall–Kier alpha value is -0.0400. The lowest BCUT2D eigenvalue weighted by molar-refractivity contribution is 0.121. The third-order valence-electron chi connectivity index (χ3n) is 4.86. The summed E-state index contributed by atoms with van der Waals surface area (Å²) in [5.74, 6) is 1.08. The van der Waals surface area contributed by atoms with Gasteiger partial charge in [0, 0.05) is 5.54 Å². The molecule has 1 aliphatic heterocycles. The molecule has 0 unspecified atom stereocenters. The van der Waals surface area contributed by atoms with Gasteiger partial charge >= 0.3 is 0 Å². The highest BCUT2D eigenvalue weighted by molar-refractivity contribution is 5.09. The second kappa shape index (κ2) is 3.52. The van der Waals surface area contributed by atoms with E-state index in [0.29, 0.717) is 0 Å². The monoisotopic (exact) mass is 193 g/mol. The van der Waals surface area contributed by atoms with Gasteiger partial charge in [-0.05, 0) is 57.5 Å². The molecule has 0 N–H and O–H groups in total. The molecule has 80 valence electrons. The molecule has 0 spiro atoms. The number of hydrogen-bond donors (Lipinski definition) is 0. The Labute approximate surface area is 87.9 Å². The van der Waals surface area contributed by atoms with Gasteiger partial charge in [0.1, 0.15) is 0 Å². The van der Waals surface area contributed by atoms with Crippen molar-refractivity contribution in [3.05, 3.63) is 0 Å². The molecule has 0 bridgehead atoms. The van der Waals surface area contributed by atoms with Crippen LogP contribution in [0.25, 0.3) is 0 Å². The zero-order chi connectivity index (χ0) is 9.43. The normalized spacial score (nSPS) is 33.4. The van der Waals surface area contributed by atoms with E-state index in [4.69, 9.17) is 0 Å². The van der Waals surface area contributed by atoms with E-state index in [0.717, 1.165) is 11.5 Å². The van der Waals surface area contributed by atoms with E-state index >= 15 is 0 Å². The third kappa shape index (κ3) is 1.41. The van der Waals surface area contributed by atoms with Gasteiger partial charge in [-0.2, -0.15) is 0 Å². The van der Waals surface area contributed by atoms with E-state index < -0.39 is 0 Å². The lowest BCUT2D eigenvalue weighted by atomic mass is 9.81. The average molecular weight is 193 g/mol. The lowest BCUT2D eigenvalue weighted by Crippen LogP contribution is -2.41. The standard InChI is InChI=1S/C13H23N/c1-2-6-12(7-3-1)13(8-9-13)14-10-4-5-11-14/h12H,1-11H2. The van der Waals surface area contributed by atoms with Gasteiger partial charge in [-0.3, -0.25) is 4.90 Å². The average Bonchev–Trinajstić information content (AvgIpc) is 2.88. The van der Waals surface area contributed by atoms with Crippen LogP contribution >= 0.6 is 0 Å². The number of hydrogen-bond acceptors (Lipinski definition) is 1. The molecule has 1 nitrogen and oxygen atoms in total. The van der Waals surface area contributed by atoms with Gasteiger partial charge in [0.25, 0.3) is 0 Å². The first kappa shape index (κ1) is 9.21. The molecule has 0 aromatic carbocycles. The SMILES string of the molecule is C1CCC(C2(N3CCCC3)CC2)CC1. The summed E-state index contributed by atoms with van der Waals surface area (Å²) in [7, 11) is 0. The van der Waals surface area contributed by atoms with Crippen LogP contribution in [0.4, 0.5) is 0 Å². The second-order valence-electron chi connectivity index (χ2n) is 5.63. The summed E-state index contributed by atoms with van der Waals surface area (Å²) in [6.45, 7) is 2.83. The maximum Gasteiger partial charge on any atom is 0.0239 e. The zero-order valence-electron chi connectivity index (χ0n) is 9.30. The van der Waals surface area contributed by atoms with Crippen LogP contribution in [0.2, 0.25) is 0 Å². The van der Waals surface area contributed by atoms with Crippen LogP contribution in [-0.4, -0.2) is 23.5 Å². The summed E-state index contributed by atoms with van der Waals surface area (Å²) in [5, 5.41) is 0. The van der Waals surface area contributed by atoms with Crippen molar-refractivity contribution in [3.63, 3.8) is 0 Å². The van der Waals surface area contributed by atoms with E-state index in [-0.39, 0.29) is 0 Å². The minimum atomic E-state index is 0.733. The summed E-state index contributed by atoms with van der Waals surface area (Å²) in [5.41, 5.74) is 0.733. The molecule has 14 heavy (non-hydrogen) atoms. The maximum absolute atomic E-state index is 2.85. The first-order valence-electron chi connectivity index (χ1n) is 6.67. The fourth-order valence-corrected chi connectivity index (χ4v) is 3.91. The molecule has 2 saturated carbocycles. The van der Waals surface area contributed by atoms with Crippen molar-refractivity contribution in [1.82, 2.24) is 4.90 Å². The van der Waals surface area contributed by atoms with Gasteiger partial charge in [0.05, 0.1) is 0 Å². The molecular weight excluding hydrogens is 170 g/mol. The quantitative estimate of drug-likeness (QED) is 0.651. The van der Waals surface area contributed by atoms with E-state index in [9.17, 15) is 0 Å². The molecule has 2 aliphatic carbocycles. The van der Waals surface area contributed by atoms with Gasteiger partial charge in [-0.15, -0.1) is 0 Å². The molecule has 0 radical (unpaired) electrons. The van der Waals surface area contributed by atoms with Crippen LogP contribution < -0.4 is 0 Å². The molecule has 1 saturated heterocycles. The minimum Gasteiger partial charge on any atom is -0.297 e. The third-order valence-corrected chi connectivity index (χ3v) is 4.86. The molecule has 0 atom stereocenters. The summed E-state index contributed by atoms with van der Waals surface area (Å²) in [6, 6.07) is 0. The Kier molecular flexibility index (Phi) is 2.31. The smallest absolute Gasteiger partial charge is 0.0239 e. The van der Waals surface area contributed by atoms with Crippen LogP contribution in [0.1, 0.15) is 57.8 Å². The van der Waals surface area contributed by atoms with Crippen molar-refractivity contribution in [1.29, 1.82) is 0 Å². The van der Waals surface area contributed by atoms with Gasteiger partial charge < -0.3 is 0 Å². The van der Waals surface area contributed by atoms with Crippen LogP contribution in [0.15, 0.2) is 0 Å². The summed E-state index contributed by atoms with van der Waals surface area (Å²) in [6.07, 6.45) is 13.6. The number of likely N-dealkylation sites (tertiary alicyclic amines) is 1. The molecule has 0 amide bonds. The Bertz CT molecular complexity index is 195. The van der Waals surface area contributed by atoms with Crippen LogP contribution in [0.5, 0.6) is 0 Å². The fourth-order valence-electron chi connectivity index (χ4n) is 3.91. The van der Waals surface area contributed by atoms with Gasteiger partial charge in [-0.25, -0.2) is 0 Å². The fraction of sp³-hybridized carbons (Fsp3) is 1.00. The maximum atomic E-state index is 2.85. The zero-order valence-corrected chi connectivity index (χ0v) is 9.30. The molecule has 0 aromatic heterocycles. The van der Waals surface area contributed by atoms with Gasteiger partial charge in [-0.1, -0.05) is 19.3 Å². The first-order valence-corrected chi connectivity index (χ1v) is 6.67. The van der Waals surface area contributed by atoms with E-state index in [1.807, 2.05) is 0 Å². The highest BCUT2D eigenvalue weighted by atomic mass is 15.2. The molecule has 1 heterocycles. The van der Waals surface area contributed by atoms with Crippen molar-refractivity contribution in [3.8, 4) is 0 Å². The van der Waals surface area contributed by atoms with Crippen molar-refractivity contribution in [2.45, 2.75) is 63.3 Å². The minimum absolute atomic E-state index is 0.733. The van der Waals surface area contributed by atoms with Gasteiger partial charge in [0.15, 0.2) is 0 Å². The second-order valence-corrected chi connectivity index (χ2v) is 5.63. The van der Waals surface area contributed by atoms with Crippen LogP contribution in [0.3, 0.4) is 0 Å². The predicted octanol–water partition coefficient (Wildman–Crippen LogP) is 3.20. The summed E-state index contributed by atoms with van der Waals surface area (Å²) >= 11 is 0. The van der Waals surface area contributed by atoms with Crippen molar-refractivity contribution < 1.29 is 0 Å². The topological polar surface area (TPSA) is 3.24 Å². The Balaban J connectivity index is 1.68. The van der Waals surface area contributed by atoms with Crippen molar-refractivity contribution in [2.24, 2.45) is 5.92 Å². The molecule has 3 rings (SSSR count). The lowest BCUT2D eigenvalue weighted by Gasteiger charge is -2.37. The van der Waals surface area contributed by atoms with E-state index in [1.165, 1.54) is 70.9 Å². The molecular formula is C13H23N. The van der Waals surface area contributed by atoms with Crippen LogP contribution in [0, 0.1) is 5.92 Å². The largest absolute Gasteiger partial charge is 0.297 e.